The van der Waals surface area contributed by atoms with Crippen molar-refractivity contribution in [3.8, 4) is 0 Å². The van der Waals surface area contributed by atoms with Gasteiger partial charge in [0.05, 0.1) is 24.8 Å². The molecule has 6 heteroatoms. The molecule has 0 saturated heterocycles. The van der Waals surface area contributed by atoms with Crippen LogP contribution in [-0.4, -0.2) is 36.2 Å². The maximum absolute atomic E-state index is 11.7. The number of carbonyl (C=O) groups is 1. The Bertz CT molecular complexity index is 580. The van der Waals surface area contributed by atoms with Crippen LogP contribution in [0.5, 0.6) is 0 Å². The third-order valence-corrected chi connectivity index (χ3v) is 2.89. The van der Waals surface area contributed by atoms with Gasteiger partial charge in [-0.25, -0.2) is 9.78 Å². The molecule has 18 heavy (non-hydrogen) atoms. The van der Waals surface area contributed by atoms with Gasteiger partial charge in [0.2, 0.25) is 0 Å². The van der Waals surface area contributed by atoms with Gasteiger partial charge in [-0.2, -0.15) is 0 Å². The molecule has 0 aliphatic carbocycles. The largest absolute Gasteiger partial charge is 0.465 e. The Morgan fingerprint density at radius 3 is 2.94 bits per heavy atom. The number of carbonyl (C=O) groups excluding carboxylic acids is 1. The summed E-state index contributed by atoms with van der Waals surface area (Å²) in [5.74, 6) is 0.322. The maximum atomic E-state index is 11.7. The van der Waals surface area contributed by atoms with Gasteiger partial charge in [-0.3, -0.25) is 0 Å². The van der Waals surface area contributed by atoms with Crippen molar-refractivity contribution in [2.75, 3.05) is 20.8 Å². The fourth-order valence-electron chi connectivity index (χ4n) is 1.80. The predicted octanol–water partition coefficient (Wildman–Crippen LogP) is 1.96. The van der Waals surface area contributed by atoms with E-state index < -0.39 is 5.97 Å². The summed E-state index contributed by atoms with van der Waals surface area (Å²) < 4.78 is 11.5. The summed E-state index contributed by atoms with van der Waals surface area (Å²) >= 11 is 6.08. The fourth-order valence-corrected chi connectivity index (χ4v) is 2.09. The first-order chi connectivity index (χ1) is 8.69. The second kappa shape index (κ2) is 5.37. The van der Waals surface area contributed by atoms with E-state index in [0.717, 1.165) is 5.82 Å². The Morgan fingerprint density at radius 2 is 2.28 bits per heavy atom. The zero-order valence-electron chi connectivity index (χ0n) is 10.1. The number of esters is 1. The minimum absolute atomic E-state index is 0.294. The summed E-state index contributed by atoms with van der Waals surface area (Å²) in [6.07, 6.45) is 2.43. The standard InChI is InChI=1S/C12H13ClN2O3/c1-17-7-5-9-14-11(13)10-8(12(16)18-2)4-3-6-15(9)10/h3-4,6H,5,7H2,1-2H3. The minimum atomic E-state index is -0.430. The Hall–Kier alpha value is -1.59. The molecule has 0 bridgehead atoms. The van der Waals surface area contributed by atoms with Crippen LogP contribution in [-0.2, 0) is 15.9 Å². The highest BCUT2D eigenvalue weighted by atomic mass is 35.5. The number of halogens is 1. The van der Waals surface area contributed by atoms with Crippen LogP contribution in [0.15, 0.2) is 18.3 Å². The van der Waals surface area contributed by atoms with Gasteiger partial charge < -0.3 is 13.9 Å². The SMILES string of the molecule is COCCc1nc(Cl)c2c(C(=O)OC)cccn12. The topological polar surface area (TPSA) is 52.8 Å². The van der Waals surface area contributed by atoms with Gasteiger partial charge in [0, 0.05) is 19.7 Å². The molecule has 2 rings (SSSR count). The molecule has 0 aliphatic rings. The summed E-state index contributed by atoms with van der Waals surface area (Å²) in [5.41, 5.74) is 0.971. The quantitative estimate of drug-likeness (QED) is 0.796. The number of hydrogen-bond donors (Lipinski definition) is 0. The molecule has 2 heterocycles. The molecule has 5 nitrogen and oxygen atoms in total. The first kappa shape index (κ1) is 12.9. The van der Waals surface area contributed by atoms with Crippen LogP contribution in [0.4, 0.5) is 0 Å². The van der Waals surface area contributed by atoms with E-state index in [-0.39, 0.29) is 0 Å². The smallest absolute Gasteiger partial charge is 0.340 e. The Kier molecular flexibility index (Phi) is 3.84. The lowest BCUT2D eigenvalue weighted by molar-refractivity contribution is 0.0602. The number of nitrogens with zero attached hydrogens (tertiary/aromatic N) is 2. The van der Waals surface area contributed by atoms with E-state index in [1.807, 2.05) is 6.20 Å². The number of methoxy groups -OCH3 is 2. The Labute approximate surface area is 109 Å². The normalized spacial score (nSPS) is 10.8. The van der Waals surface area contributed by atoms with Crippen LogP contribution in [0.2, 0.25) is 5.15 Å². The second-order valence-corrected chi connectivity index (χ2v) is 4.05. The molecule has 0 aromatic carbocycles. The first-order valence-corrected chi connectivity index (χ1v) is 5.79. The van der Waals surface area contributed by atoms with Crippen LogP contribution in [0.3, 0.4) is 0 Å². The fraction of sp³-hybridized carbons (Fsp3) is 0.333. The van der Waals surface area contributed by atoms with E-state index in [9.17, 15) is 4.79 Å². The highest BCUT2D eigenvalue weighted by Crippen LogP contribution is 2.23. The van der Waals surface area contributed by atoms with Gasteiger partial charge in [0.25, 0.3) is 0 Å². The molecule has 0 atom stereocenters. The number of rotatable bonds is 4. The molecule has 0 N–H and O–H groups in total. The summed E-state index contributed by atoms with van der Waals surface area (Å²) in [6.45, 7) is 0.540. The number of fused-ring (bicyclic) bond motifs is 1. The van der Waals surface area contributed by atoms with Crippen molar-refractivity contribution in [2.24, 2.45) is 0 Å². The number of ether oxygens (including phenoxy) is 2. The molecule has 0 radical (unpaired) electrons. The van der Waals surface area contributed by atoms with E-state index in [1.54, 1.807) is 23.6 Å². The predicted molar refractivity (Wildman–Crippen MR) is 67.1 cm³/mol. The van der Waals surface area contributed by atoms with Gasteiger partial charge in [-0.15, -0.1) is 0 Å². The zero-order valence-corrected chi connectivity index (χ0v) is 10.9. The van der Waals surface area contributed by atoms with E-state index >= 15 is 0 Å². The average Bonchev–Trinajstić information content (AvgIpc) is 2.72. The third-order valence-electron chi connectivity index (χ3n) is 2.63. The highest BCUT2D eigenvalue weighted by molar-refractivity contribution is 6.33. The van der Waals surface area contributed by atoms with Crippen molar-refractivity contribution in [3.05, 3.63) is 34.9 Å². The van der Waals surface area contributed by atoms with Gasteiger partial charge in [0.15, 0.2) is 5.15 Å². The van der Waals surface area contributed by atoms with Gasteiger partial charge in [-0.1, -0.05) is 11.6 Å². The van der Waals surface area contributed by atoms with Crippen molar-refractivity contribution in [3.63, 3.8) is 0 Å². The molecule has 0 spiro atoms. The number of pyridine rings is 1. The van der Waals surface area contributed by atoms with Crippen LogP contribution >= 0.6 is 11.6 Å². The number of aromatic nitrogens is 2. The maximum Gasteiger partial charge on any atom is 0.340 e. The molecule has 0 unspecified atom stereocenters. The summed E-state index contributed by atoms with van der Waals surface area (Å²) in [6, 6.07) is 3.42. The van der Waals surface area contributed by atoms with Crippen molar-refractivity contribution in [1.82, 2.24) is 9.38 Å². The monoisotopic (exact) mass is 268 g/mol. The van der Waals surface area contributed by atoms with Crippen LogP contribution in [0, 0.1) is 0 Å². The molecule has 0 fully saturated rings. The molecular formula is C12H13ClN2O3. The highest BCUT2D eigenvalue weighted by Gasteiger charge is 2.17. The minimum Gasteiger partial charge on any atom is -0.465 e. The first-order valence-electron chi connectivity index (χ1n) is 5.41. The second-order valence-electron chi connectivity index (χ2n) is 3.69. The lowest BCUT2D eigenvalue weighted by Crippen LogP contribution is -2.05. The molecular weight excluding hydrogens is 256 g/mol. The van der Waals surface area contributed by atoms with Crippen LogP contribution in [0.1, 0.15) is 16.2 Å². The van der Waals surface area contributed by atoms with Crippen molar-refractivity contribution < 1.29 is 14.3 Å². The van der Waals surface area contributed by atoms with E-state index in [1.165, 1.54) is 7.11 Å². The Balaban J connectivity index is 2.56. The zero-order chi connectivity index (χ0) is 13.1. The molecule has 0 saturated carbocycles. The van der Waals surface area contributed by atoms with E-state index in [0.29, 0.717) is 29.3 Å². The average molecular weight is 269 g/mol. The molecule has 0 aliphatic heterocycles. The van der Waals surface area contributed by atoms with Gasteiger partial charge in [0.1, 0.15) is 5.82 Å². The number of hydrogen-bond acceptors (Lipinski definition) is 4. The van der Waals surface area contributed by atoms with Gasteiger partial charge >= 0.3 is 5.97 Å². The van der Waals surface area contributed by atoms with E-state index in [2.05, 4.69) is 4.98 Å². The molecule has 96 valence electrons. The summed E-state index contributed by atoms with van der Waals surface area (Å²) in [4.78, 5) is 15.9. The molecule has 2 aromatic heterocycles. The van der Waals surface area contributed by atoms with Crippen molar-refractivity contribution in [2.45, 2.75) is 6.42 Å². The Morgan fingerprint density at radius 1 is 1.50 bits per heavy atom. The van der Waals surface area contributed by atoms with Crippen LogP contribution < -0.4 is 0 Å². The molecule has 0 amide bonds. The van der Waals surface area contributed by atoms with Crippen LogP contribution in [0.25, 0.3) is 5.52 Å². The summed E-state index contributed by atoms with van der Waals surface area (Å²) in [7, 11) is 2.96. The van der Waals surface area contributed by atoms with Crippen molar-refractivity contribution in [1.29, 1.82) is 0 Å². The third kappa shape index (κ3) is 2.19. The molecule has 2 aromatic rings. The summed E-state index contributed by atoms with van der Waals surface area (Å²) in [5, 5.41) is 0.294. The lowest BCUT2D eigenvalue weighted by atomic mass is 10.2. The van der Waals surface area contributed by atoms with Gasteiger partial charge in [-0.05, 0) is 12.1 Å². The van der Waals surface area contributed by atoms with Crippen molar-refractivity contribution >= 4 is 23.1 Å². The lowest BCUT2D eigenvalue weighted by Gasteiger charge is -2.04. The van der Waals surface area contributed by atoms with E-state index in [4.69, 9.17) is 21.1 Å². The number of imidazole rings is 1.